The Balaban J connectivity index is 4.90. The predicted molar refractivity (Wildman–Crippen MR) is 59.5 cm³/mol. The maximum Gasteiger partial charge on any atom is 0.366 e. The van der Waals surface area contributed by atoms with E-state index in [4.69, 9.17) is 0 Å². The van der Waals surface area contributed by atoms with Gasteiger partial charge in [-0.3, -0.25) is 0 Å². The molecule has 6 nitrogen and oxygen atoms in total. The van der Waals surface area contributed by atoms with E-state index >= 15 is 0 Å². The van der Waals surface area contributed by atoms with Crippen molar-refractivity contribution in [2.24, 2.45) is 10.2 Å². The molecule has 0 unspecified atom stereocenters. The minimum atomic E-state index is -0.828. The van der Waals surface area contributed by atoms with Crippen molar-refractivity contribution in [3.63, 3.8) is 0 Å². The molecule has 0 aliphatic heterocycles. The lowest BCUT2D eigenvalue weighted by Crippen LogP contribution is -2.28. The van der Waals surface area contributed by atoms with Gasteiger partial charge in [-0.2, -0.15) is 5.10 Å². The Bertz CT molecular complexity index is 297. The summed E-state index contributed by atoms with van der Waals surface area (Å²) in [6, 6.07) is 0. The molecule has 0 fully saturated rings. The zero-order valence-corrected chi connectivity index (χ0v) is 9.94. The second-order valence-electron chi connectivity index (χ2n) is 2.94. The van der Waals surface area contributed by atoms with Crippen LogP contribution >= 0.6 is 0 Å². The number of ether oxygens (including phenoxy) is 2. The molecule has 0 spiro atoms. The molecule has 0 atom stereocenters. The van der Waals surface area contributed by atoms with Crippen molar-refractivity contribution in [3.05, 3.63) is 0 Å². The number of carbonyl (C=O) groups is 2. The van der Waals surface area contributed by atoms with Crippen LogP contribution in [0.2, 0.25) is 0 Å². The van der Waals surface area contributed by atoms with Gasteiger partial charge >= 0.3 is 11.9 Å². The molecule has 0 aromatic carbocycles. The van der Waals surface area contributed by atoms with Crippen LogP contribution in [0.3, 0.4) is 0 Å². The fourth-order valence-corrected chi connectivity index (χ4v) is 0.714. The lowest BCUT2D eigenvalue weighted by atomic mass is 10.4. The first-order valence-corrected chi connectivity index (χ1v) is 4.96. The fourth-order valence-electron chi connectivity index (χ4n) is 0.714. The van der Waals surface area contributed by atoms with Crippen LogP contribution in [-0.2, 0) is 19.1 Å². The Morgan fingerprint density at radius 2 is 1.38 bits per heavy atom. The molecule has 0 aliphatic rings. The fraction of sp³-hybridized carbons (Fsp3) is 0.600. The second-order valence-corrected chi connectivity index (χ2v) is 2.94. The SMILES string of the molecule is CCOC(=O)C(=NN=C(C)C)C(=O)OCC. The third-order valence-electron chi connectivity index (χ3n) is 1.29. The highest BCUT2D eigenvalue weighted by Gasteiger charge is 2.23. The summed E-state index contributed by atoms with van der Waals surface area (Å²) in [7, 11) is 0. The summed E-state index contributed by atoms with van der Waals surface area (Å²) >= 11 is 0. The number of rotatable bonds is 5. The van der Waals surface area contributed by atoms with E-state index in [2.05, 4.69) is 19.7 Å². The van der Waals surface area contributed by atoms with Crippen molar-refractivity contribution in [1.29, 1.82) is 0 Å². The lowest BCUT2D eigenvalue weighted by Gasteiger charge is -2.03. The Kier molecular flexibility index (Phi) is 6.74. The summed E-state index contributed by atoms with van der Waals surface area (Å²) < 4.78 is 9.33. The Morgan fingerprint density at radius 3 is 1.69 bits per heavy atom. The van der Waals surface area contributed by atoms with Crippen molar-refractivity contribution in [2.75, 3.05) is 13.2 Å². The zero-order chi connectivity index (χ0) is 12.6. The van der Waals surface area contributed by atoms with Crippen LogP contribution in [0.1, 0.15) is 27.7 Å². The molecule has 16 heavy (non-hydrogen) atoms. The Hall–Kier alpha value is -1.72. The van der Waals surface area contributed by atoms with E-state index in [0.717, 1.165) is 0 Å². The van der Waals surface area contributed by atoms with Gasteiger partial charge < -0.3 is 9.47 Å². The van der Waals surface area contributed by atoms with Gasteiger partial charge in [-0.15, -0.1) is 5.10 Å². The van der Waals surface area contributed by atoms with E-state index in [-0.39, 0.29) is 13.2 Å². The first-order chi connectivity index (χ1) is 7.52. The van der Waals surface area contributed by atoms with Gasteiger partial charge in [-0.05, 0) is 27.7 Å². The van der Waals surface area contributed by atoms with Gasteiger partial charge in [0, 0.05) is 5.71 Å². The van der Waals surface area contributed by atoms with Gasteiger partial charge in [0.1, 0.15) is 0 Å². The van der Waals surface area contributed by atoms with E-state index in [9.17, 15) is 9.59 Å². The molecule has 0 amide bonds. The van der Waals surface area contributed by atoms with Crippen LogP contribution in [0.15, 0.2) is 10.2 Å². The van der Waals surface area contributed by atoms with E-state index < -0.39 is 17.7 Å². The number of nitrogens with zero attached hydrogens (tertiary/aromatic N) is 2. The topological polar surface area (TPSA) is 77.3 Å². The predicted octanol–water partition coefficient (Wildman–Crippen LogP) is 0.949. The lowest BCUT2D eigenvalue weighted by molar-refractivity contribution is -0.140. The average Bonchev–Trinajstić information content (AvgIpc) is 2.18. The molecule has 0 aromatic rings. The summed E-state index contributed by atoms with van der Waals surface area (Å²) in [5.41, 5.74) is 0.177. The number of carbonyl (C=O) groups excluding carboxylic acids is 2. The van der Waals surface area contributed by atoms with Crippen molar-refractivity contribution < 1.29 is 19.1 Å². The Labute approximate surface area is 94.3 Å². The molecule has 0 saturated heterocycles. The first kappa shape index (κ1) is 14.3. The van der Waals surface area contributed by atoms with Crippen LogP contribution in [0.25, 0.3) is 0 Å². The van der Waals surface area contributed by atoms with Gasteiger partial charge in [0.2, 0.25) is 0 Å². The van der Waals surface area contributed by atoms with Gasteiger partial charge in [-0.25, -0.2) is 9.59 Å². The molecule has 0 bridgehead atoms. The van der Waals surface area contributed by atoms with Crippen molar-refractivity contribution in [3.8, 4) is 0 Å². The maximum absolute atomic E-state index is 11.3. The van der Waals surface area contributed by atoms with Gasteiger partial charge in [0.15, 0.2) is 0 Å². The number of hydrogen-bond acceptors (Lipinski definition) is 6. The van der Waals surface area contributed by atoms with Crippen molar-refractivity contribution in [2.45, 2.75) is 27.7 Å². The molecule has 90 valence electrons. The van der Waals surface area contributed by atoms with Crippen LogP contribution in [0, 0.1) is 0 Å². The van der Waals surface area contributed by atoms with Crippen LogP contribution in [0.5, 0.6) is 0 Å². The summed E-state index contributed by atoms with van der Waals surface area (Å²) in [4.78, 5) is 22.7. The highest BCUT2D eigenvalue weighted by Crippen LogP contribution is 1.92. The highest BCUT2D eigenvalue weighted by molar-refractivity contribution is 6.62. The molecule has 0 saturated carbocycles. The van der Waals surface area contributed by atoms with Gasteiger partial charge in [0.25, 0.3) is 5.71 Å². The van der Waals surface area contributed by atoms with Crippen molar-refractivity contribution >= 4 is 23.4 Å². The highest BCUT2D eigenvalue weighted by atomic mass is 16.6. The normalized spacial score (nSPS) is 9.00. The summed E-state index contributed by atoms with van der Waals surface area (Å²) in [6.07, 6.45) is 0. The van der Waals surface area contributed by atoms with Crippen LogP contribution in [-0.4, -0.2) is 36.6 Å². The maximum atomic E-state index is 11.3. The molecule has 0 rings (SSSR count). The summed E-state index contributed by atoms with van der Waals surface area (Å²) in [6.45, 7) is 6.97. The second kappa shape index (κ2) is 7.56. The zero-order valence-electron chi connectivity index (χ0n) is 9.94. The molecule has 0 aliphatic carbocycles. The standard InChI is InChI=1S/C10H16N2O4/c1-5-15-9(13)8(10(14)16-6-2)12-11-7(3)4/h5-6H2,1-4H3. The van der Waals surface area contributed by atoms with Crippen LogP contribution in [0.4, 0.5) is 0 Å². The molecular weight excluding hydrogens is 212 g/mol. The molecule has 0 aromatic heterocycles. The average molecular weight is 228 g/mol. The molecule has 0 radical (unpaired) electrons. The monoisotopic (exact) mass is 228 g/mol. The van der Waals surface area contributed by atoms with E-state index in [1.54, 1.807) is 27.7 Å². The molecule has 6 heteroatoms. The largest absolute Gasteiger partial charge is 0.461 e. The van der Waals surface area contributed by atoms with Gasteiger partial charge in [-0.1, -0.05) is 0 Å². The Morgan fingerprint density at radius 1 is 0.938 bits per heavy atom. The quantitative estimate of drug-likeness (QED) is 0.304. The third-order valence-corrected chi connectivity index (χ3v) is 1.29. The van der Waals surface area contributed by atoms with E-state index in [1.165, 1.54) is 0 Å². The smallest absolute Gasteiger partial charge is 0.366 e. The number of hydrogen-bond donors (Lipinski definition) is 0. The summed E-state index contributed by atoms with van der Waals surface area (Å²) in [5.74, 6) is -1.66. The van der Waals surface area contributed by atoms with E-state index in [0.29, 0.717) is 5.71 Å². The first-order valence-electron chi connectivity index (χ1n) is 4.96. The van der Waals surface area contributed by atoms with Crippen molar-refractivity contribution in [1.82, 2.24) is 0 Å². The minimum Gasteiger partial charge on any atom is -0.461 e. The van der Waals surface area contributed by atoms with E-state index in [1.807, 2.05) is 0 Å². The van der Waals surface area contributed by atoms with Gasteiger partial charge in [0.05, 0.1) is 13.2 Å². The molecular formula is C10H16N2O4. The third kappa shape index (κ3) is 5.23. The minimum absolute atomic E-state index is 0.159. The molecule has 0 N–H and O–H groups in total. The van der Waals surface area contributed by atoms with Crippen LogP contribution < -0.4 is 0 Å². The summed E-state index contributed by atoms with van der Waals surface area (Å²) in [5, 5.41) is 7.15. The number of esters is 2. The molecule has 0 heterocycles.